The Morgan fingerprint density at radius 2 is 1.95 bits per heavy atom. The summed E-state index contributed by atoms with van der Waals surface area (Å²) in [6.45, 7) is 8.05. The van der Waals surface area contributed by atoms with Gasteiger partial charge in [-0.2, -0.15) is 5.10 Å². The molecule has 0 bridgehead atoms. The SMILES string of the molecule is Cc1ccc(F)c(NCc2cnn(C(C)(C)C)c2)c1F. The molecule has 0 spiro atoms. The van der Waals surface area contributed by atoms with E-state index in [1.165, 1.54) is 12.1 Å². The fourth-order valence-corrected chi connectivity index (χ4v) is 1.83. The van der Waals surface area contributed by atoms with Crippen LogP contribution in [0.15, 0.2) is 24.5 Å². The third kappa shape index (κ3) is 2.98. The molecule has 3 nitrogen and oxygen atoms in total. The molecule has 0 saturated carbocycles. The van der Waals surface area contributed by atoms with Crippen LogP contribution in [-0.4, -0.2) is 9.78 Å². The number of aromatic nitrogens is 2. The molecule has 108 valence electrons. The third-order valence-electron chi connectivity index (χ3n) is 3.08. The summed E-state index contributed by atoms with van der Waals surface area (Å²) in [4.78, 5) is 0. The van der Waals surface area contributed by atoms with Gasteiger partial charge < -0.3 is 5.32 Å². The molecular formula is C15H19F2N3. The number of rotatable bonds is 3. The standard InChI is InChI=1S/C15H19F2N3/c1-10-5-6-12(16)14(13(10)17)18-7-11-8-19-20(9-11)15(2,3)4/h5-6,8-9,18H,7H2,1-4H3. The summed E-state index contributed by atoms with van der Waals surface area (Å²) in [5, 5.41) is 7.05. The summed E-state index contributed by atoms with van der Waals surface area (Å²) >= 11 is 0. The van der Waals surface area contributed by atoms with Crippen LogP contribution in [0.3, 0.4) is 0 Å². The molecule has 0 amide bonds. The van der Waals surface area contributed by atoms with Crippen molar-refractivity contribution in [2.75, 3.05) is 5.32 Å². The van der Waals surface area contributed by atoms with E-state index < -0.39 is 11.6 Å². The van der Waals surface area contributed by atoms with Gasteiger partial charge in [-0.1, -0.05) is 6.07 Å². The van der Waals surface area contributed by atoms with E-state index >= 15 is 0 Å². The molecule has 2 rings (SSSR count). The van der Waals surface area contributed by atoms with Crippen LogP contribution in [0.1, 0.15) is 31.9 Å². The normalized spacial score (nSPS) is 11.7. The van der Waals surface area contributed by atoms with Crippen molar-refractivity contribution in [1.29, 1.82) is 0 Å². The Labute approximate surface area is 117 Å². The Hall–Kier alpha value is -1.91. The summed E-state index contributed by atoms with van der Waals surface area (Å²) in [6, 6.07) is 2.69. The van der Waals surface area contributed by atoms with Crippen LogP contribution in [0.5, 0.6) is 0 Å². The first-order valence-corrected chi connectivity index (χ1v) is 6.51. The summed E-state index contributed by atoms with van der Waals surface area (Å²) in [6.07, 6.45) is 3.57. The number of aryl methyl sites for hydroxylation is 1. The lowest BCUT2D eigenvalue weighted by atomic mass is 10.1. The quantitative estimate of drug-likeness (QED) is 0.925. The van der Waals surface area contributed by atoms with Crippen molar-refractivity contribution in [2.24, 2.45) is 0 Å². The van der Waals surface area contributed by atoms with Crippen LogP contribution in [0.25, 0.3) is 0 Å². The lowest BCUT2D eigenvalue weighted by Gasteiger charge is -2.18. The number of nitrogens with one attached hydrogen (secondary N) is 1. The van der Waals surface area contributed by atoms with Gasteiger partial charge in [0.2, 0.25) is 0 Å². The van der Waals surface area contributed by atoms with Gasteiger partial charge in [-0.3, -0.25) is 4.68 Å². The number of halogens is 2. The van der Waals surface area contributed by atoms with E-state index in [-0.39, 0.29) is 11.2 Å². The van der Waals surface area contributed by atoms with Gasteiger partial charge in [0, 0.05) is 18.3 Å². The minimum atomic E-state index is -0.587. The molecule has 1 N–H and O–H groups in total. The van der Waals surface area contributed by atoms with Gasteiger partial charge in [0.1, 0.15) is 11.5 Å². The molecule has 0 aliphatic rings. The maximum absolute atomic E-state index is 13.8. The van der Waals surface area contributed by atoms with Crippen molar-refractivity contribution in [3.05, 3.63) is 47.3 Å². The smallest absolute Gasteiger partial charge is 0.152 e. The second-order valence-corrected chi connectivity index (χ2v) is 5.87. The zero-order valence-corrected chi connectivity index (χ0v) is 12.2. The van der Waals surface area contributed by atoms with E-state index in [4.69, 9.17) is 0 Å². The molecule has 0 radical (unpaired) electrons. The highest BCUT2D eigenvalue weighted by atomic mass is 19.1. The third-order valence-corrected chi connectivity index (χ3v) is 3.08. The van der Waals surface area contributed by atoms with Gasteiger partial charge in [0.15, 0.2) is 5.82 Å². The first kappa shape index (κ1) is 14.5. The van der Waals surface area contributed by atoms with Crippen molar-refractivity contribution >= 4 is 5.69 Å². The molecule has 0 aliphatic heterocycles. The Kier molecular flexibility index (Phi) is 3.79. The average molecular weight is 279 g/mol. The first-order chi connectivity index (χ1) is 9.29. The predicted molar refractivity (Wildman–Crippen MR) is 75.6 cm³/mol. The number of hydrogen-bond donors (Lipinski definition) is 1. The lowest BCUT2D eigenvalue weighted by molar-refractivity contribution is 0.355. The summed E-state index contributed by atoms with van der Waals surface area (Å²) < 4.78 is 29.3. The molecule has 20 heavy (non-hydrogen) atoms. The van der Waals surface area contributed by atoms with Gasteiger partial charge in [-0.05, 0) is 39.3 Å². The highest BCUT2D eigenvalue weighted by Gasteiger charge is 2.15. The van der Waals surface area contributed by atoms with Gasteiger partial charge in [-0.25, -0.2) is 8.78 Å². The fourth-order valence-electron chi connectivity index (χ4n) is 1.83. The largest absolute Gasteiger partial charge is 0.376 e. The second kappa shape index (κ2) is 5.23. The minimum Gasteiger partial charge on any atom is -0.376 e. The van der Waals surface area contributed by atoms with E-state index in [1.807, 2.05) is 31.6 Å². The van der Waals surface area contributed by atoms with E-state index in [1.54, 1.807) is 13.1 Å². The van der Waals surface area contributed by atoms with E-state index in [9.17, 15) is 8.78 Å². The van der Waals surface area contributed by atoms with Gasteiger partial charge in [0.25, 0.3) is 0 Å². The summed E-state index contributed by atoms with van der Waals surface area (Å²) in [5.41, 5.74) is 1.09. The minimum absolute atomic E-state index is 0.0893. The van der Waals surface area contributed by atoms with Crippen LogP contribution >= 0.6 is 0 Å². The molecule has 0 atom stereocenters. The Balaban J connectivity index is 2.14. The maximum Gasteiger partial charge on any atom is 0.152 e. The Bertz CT molecular complexity index is 612. The molecular weight excluding hydrogens is 260 g/mol. The summed E-state index contributed by atoms with van der Waals surface area (Å²) in [7, 11) is 0. The van der Waals surface area contributed by atoms with Crippen LogP contribution < -0.4 is 5.32 Å². The van der Waals surface area contributed by atoms with E-state index in [0.29, 0.717) is 12.1 Å². The molecule has 1 aromatic heterocycles. The predicted octanol–water partition coefficient (Wildman–Crippen LogP) is 3.84. The van der Waals surface area contributed by atoms with Crippen molar-refractivity contribution < 1.29 is 8.78 Å². The zero-order valence-electron chi connectivity index (χ0n) is 12.2. The Morgan fingerprint density at radius 3 is 2.55 bits per heavy atom. The number of nitrogens with zero attached hydrogens (tertiary/aromatic N) is 2. The monoisotopic (exact) mass is 279 g/mol. The topological polar surface area (TPSA) is 29.9 Å². The van der Waals surface area contributed by atoms with Gasteiger partial charge >= 0.3 is 0 Å². The first-order valence-electron chi connectivity index (χ1n) is 6.51. The number of anilines is 1. The van der Waals surface area contributed by atoms with Gasteiger partial charge in [0.05, 0.1) is 11.7 Å². The number of benzene rings is 1. The number of hydrogen-bond acceptors (Lipinski definition) is 2. The fraction of sp³-hybridized carbons (Fsp3) is 0.400. The molecule has 5 heteroatoms. The van der Waals surface area contributed by atoms with Crippen LogP contribution in [0.2, 0.25) is 0 Å². The van der Waals surface area contributed by atoms with Crippen molar-refractivity contribution in [2.45, 2.75) is 39.8 Å². The second-order valence-electron chi connectivity index (χ2n) is 5.87. The lowest BCUT2D eigenvalue weighted by Crippen LogP contribution is -2.22. The maximum atomic E-state index is 13.8. The van der Waals surface area contributed by atoms with Crippen molar-refractivity contribution in [1.82, 2.24) is 9.78 Å². The molecule has 0 saturated heterocycles. The van der Waals surface area contributed by atoms with Crippen molar-refractivity contribution in [3.63, 3.8) is 0 Å². The highest BCUT2D eigenvalue weighted by Crippen LogP contribution is 2.22. The molecule has 2 aromatic rings. The van der Waals surface area contributed by atoms with E-state index in [0.717, 1.165) is 5.56 Å². The van der Waals surface area contributed by atoms with Crippen molar-refractivity contribution in [3.8, 4) is 0 Å². The highest BCUT2D eigenvalue weighted by molar-refractivity contribution is 5.49. The van der Waals surface area contributed by atoms with Gasteiger partial charge in [-0.15, -0.1) is 0 Å². The molecule has 1 heterocycles. The summed E-state index contributed by atoms with van der Waals surface area (Å²) in [5.74, 6) is -1.13. The Morgan fingerprint density at radius 1 is 1.25 bits per heavy atom. The molecule has 0 unspecified atom stereocenters. The molecule has 1 aromatic carbocycles. The van der Waals surface area contributed by atoms with Crippen LogP contribution in [0.4, 0.5) is 14.5 Å². The molecule has 0 aliphatic carbocycles. The van der Waals surface area contributed by atoms with Crippen LogP contribution in [-0.2, 0) is 12.1 Å². The average Bonchev–Trinajstić information content (AvgIpc) is 2.83. The zero-order chi connectivity index (χ0) is 14.9. The van der Waals surface area contributed by atoms with E-state index in [2.05, 4.69) is 10.4 Å². The molecule has 0 fully saturated rings. The van der Waals surface area contributed by atoms with Crippen LogP contribution in [0, 0.1) is 18.6 Å².